The Bertz CT molecular complexity index is 507. The Morgan fingerprint density at radius 1 is 1.35 bits per heavy atom. The minimum Gasteiger partial charge on any atom is -0.484 e. The number of carbonyl (C=O) groups excluding carboxylic acids is 1. The Morgan fingerprint density at radius 3 is 2.80 bits per heavy atom. The normalized spacial score (nSPS) is 14.8. The second kappa shape index (κ2) is 7.29. The van der Waals surface area contributed by atoms with Crippen LogP contribution in [0.2, 0.25) is 5.02 Å². The number of nitrogens with one attached hydrogen (secondary N) is 1. The van der Waals surface area contributed by atoms with Crippen LogP contribution in [0.15, 0.2) is 23.3 Å². The van der Waals surface area contributed by atoms with Gasteiger partial charge in [-0.2, -0.15) is 5.10 Å². The first-order valence-electron chi connectivity index (χ1n) is 6.88. The van der Waals surface area contributed by atoms with Crippen molar-refractivity contribution in [3.05, 3.63) is 28.8 Å². The number of carbonyl (C=O) groups is 1. The lowest BCUT2D eigenvalue weighted by Gasteiger charge is -2.12. The molecule has 1 aliphatic carbocycles. The number of hydrazone groups is 1. The van der Waals surface area contributed by atoms with Crippen molar-refractivity contribution in [2.24, 2.45) is 5.10 Å². The monoisotopic (exact) mass is 294 g/mol. The largest absolute Gasteiger partial charge is 0.484 e. The molecule has 0 aliphatic heterocycles. The van der Waals surface area contributed by atoms with Gasteiger partial charge in [-0.15, -0.1) is 0 Å². The predicted octanol–water partition coefficient (Wildman–Crippen LogP) is 3.46. The topological polar surface area (TPSA) is 50.7 Å². The van der Waals surface area contributed by atoms with Crippen molar-refractivity contribution in [1.29, 1.82) is 0 Å². The molecule has 0 heterocycles. The molecule has 0 aromatic heterocycles. The van der Waals surface area contributed by atoms with Crippen molar-refractivity contribution >= 4 is 23.2 Å². The molecule has 0 atom stereocenters. The molecule has 0 unspecified atom stereocenters. The third-order valence-corrected chi connectivity index (χ3v) is 3.69. The van der Waals surface area contributed by atoms with Gasteiger partial charge >= 0.3 is 0 Å². The lowest BCUT2D eigenvalue weighted by Crippen LogP contribution is -2.26. The van der Waals surface area contributed by atoms with Crippen LogP contribution in [0.25, 0.3) is 0 Å². The summed E-state index contributed by atoms with van der Waals surface area (Å²) in [5, 5.41) is 4.83. The summed E-state index contributed by atoms with van der Waals surface area (Å²) in [5.74, 6) is 0.392. The summed E-state index contributed by atoms with van der Waals surface area (Å²) < 4.78 is 5.40. The number of amides is 1. The van der Waals surface area contributed by atoms with Gasteiger partial charge in [-0.3, -0.25) is 4.79 Å². The van der Waals surface area contributed by atoms with Crippen LogP contribution in [0.1, 0.15) is 37.7 Å². The molecule has 1 N–H and O–H groups in total. The van der Waals surface area contributed by atoms with Gasteiger partial charge in [0.05, 0.1) is 0 Å². The van der Waals surface area contributed by atoms with E-state index in [-0.39, 0.29) is 12.5 Å². The zero-order chi connectivity index (χ0) is 14.4. The fraction of sp³-hybridized carbons (Fsp3) is 0.467. The first-order valence-corrected chi connectivity index (χ1v) is 7.26. The number of halogens is 1. The van der Waals surface area contributed by atoms with Gasteiger partial charge in [0.1, 0.15) is 5.75 Å². The zero-order valence-electron chi connectivity index (χ0n) is 11.6. The molecular formula is C15H19ClN2O2. The predicted molar refractivity (Wildman–Crippen MR) is 80.3 cm³/mol. The van der Waals surface area contributed by atoms with Gasteiger partial charge in [-0.25, -0.2) is 5.43 Å². The minimum atomic E-state index is -0.240. The minimum absolute atomic E-state index is 0.0438. The van der Waals surface area contributed by atoms with E-state index in [1.165, 1.54) is 6.42 Å². The van der Waals surface area contributed by atoms with Crippen LogP contribution in [-0.2, 0) is 4.79 Å². The van der Waals surface area contributed by atoms with Crippen LogP contribution < -0.4 is 10.2 Å². The molecular weight excluding hydrogens is 276 g/mol. The molecule has 20 heavy (non-hydrogen) atoms. The number of nitrogens with zero attached hydrogens (tertiary/aromatic N) is 1. The van der Waals surface area contributed by atoms with E-state index in [2.05, 4.69) is 10.5 Å². The Morgan fingerprint density at radius 2 is 2.10 bits per heavy atom. The maximum absolute atomic E-state index is 11.6. The highest BCUT2D eigenvalue weighted by Crippen LogP contribution is 2.20. The summed E-state index contributed by atoms with van der Waals surface area (Å²) in [6.45, 7) is 1.85. The number of rotatable bonds is 4. The zero-order valence-corrected chi connectivity index (χ0v) is 12.4. The van der Waals surface area contributed by atoms with E-state index in [0.29, 0.717) is 10.8 Å². The molecule has 0 spiro atoms. The Balaban J connectivity index is 1.78. The highest BCUT2D eigenvalue weighted by Gasteiger charge is 2.08. The summed E-state index contributed by atoms with van der Waals surface area (Å²) in [6, 6.07) is 5.31. The van der Waals surface area contributed by atoms with E-state index in [0.717, 1.165) is 37.0 Å². The van der Waals surface area contributed by atoms with Crippen LogP contribution in [-0.4, -0.2) is 18.2 Å². The molecule has 0 radical (unpaired) electrons. The molecule has 1 saturated carbocycles. The standard InChI is InChI=1S/C15H19ClN2O2/c1-11-9-13(7-8-14(11)16)20-10-15(19)18-17-12-5-3-2-4-6-12/h7-9H,2-6,10H2,1H3,(H,18,19). The number of benzene rings is 1. The molecule has 1 aromatic carbocycles. The molecule has 0 bridgehead atoms. The van der Waals surface area contributed by atoms with Crippen LogP contribution in [0.3, 0.4) is 0 Å². The number of hydrogen-bond acceptors (Lipinski definition) is 3. The SMILES string of the molecule is Cc1cc(OCC(=O)NN=C2CCCCC2)ccc1Cl. The third kappa shape index (κ3) is 4.53. The van der Waals surface area contributed by atoms with Gasteiger partial charge in [0.25, 0.3) is 5.91 Å². The maximum Gasteiger partial charge on any atom is 0.277 e. The molecule has 108 valence electrons. The Kier molecular flexibility index (Phi) is 5.41. The third-order valence-electron chi connectivity index (χ3n) is 3.27. The Labute approximate surface area is 124 Å². The molecule has 2 rings (SSSR count). The number of ether oxygens (including phenoxy) is 1. The second-order valence-corrected chi connectivity index (χ2v) is 5.38. The van der Waals surface area contributed by atoms with Crippen molar-refractivity contribution in [2.45, 2.75) is 39.0 Å². The van der Waals surface area contributed by atoms with Gasteiger partial charge in [0.2, 0.25) is 0 Å². The summed E-state index contributed by atoms with van der Waals surface area (Å²) >= 11 is 5.93. The van der Waals surface area contributed by atoms with Gasteiger partial charge in [0.15, 0.2) is 6.61 Å². The van der Waals surface area contributed by atoms with E-state index in [9.17, 15) is 4.79 Å². The van der Waals surface area contributed by atoms with Crippen LogP contribution in [0.5, 0.6) is 5.75 Å². The second-order valence-electron chi connectivity index (χ2n) is 4.97. The molecule has 5 heteroatoms. The number of aryl methyl sites for hydroxylation is 1. The Hall–Kier alpha value is -1.55. The lowest BCUT2D eigenvalue weighted by molar-refractivity contribution is -0.123. The molecule has 1 fully saturated rings. The van der Waals surface area contributed by atoms with E-state index in [1.807, 2.05) is 13.0 Å². The van der Waals surface area contributed by atoms with Crippen molar-refractivity contribution in [3.63, 3.8) is 0 Å². The van der Waals surface area contributed by atoms with Crippen molar-refractivity contribution in [2.75, 3.05) is 6.61 Å². The van der Waals surface area contributed by atoms with Crippen LogP contribution in [0.4, 0.5) is 0 Å². The maximum atomic E-state index is 11.6. The van der Waals surface area contributed by atoms with Crippen LogP contribution in [0, 0.1) is 6.92 Å². The molecule has 1 aliphatic rings. The summed E-state index contributed by atoms with van der Waals surface area (Å²) in [5.41, 5.74) is 4.55. The molecule has 4 nitrogen and oxygen atoms in total. The van der Waals surface area contributed by atoms with Gasteiger partial charge in [-0.05, 0) is 56.4 Å². The van der Waals surface area contributed by atoms with Crippen molar-refractivity contribution in [1.82, 2.24) is 5.43 Å². The fourth-order valence-corrected chi connectivity index (χ4v) is 2.22. The van der Waals surface area contributed by atoms with Gasteiger partial charge in [-0.1, -0.05) is 18.0 Å². The first kappa shape index (κ1) is 14.9. The highest BCUT2D eigenvalue weighted by atomic mass is 35.5. The smallest absolute Gasteiger partial charge is 0.277 e. The van der Waals surface area contributed by atoms with E-state index in [4.69, 9.17) is 16.3 Å². The van der Waals surface area contributed by atoms with E-state index < -0.39 is 0 Å². The van der Waals surface area contributed by atoms with Crippen LogP contribution >= 0.6 is 11.6 Å². The van der Waals surface area contributed by atoms with Gasteiger partial charge < -0.3 is 4.74 Å². The summed E-state index contributed by atoms with van der Waals surface area (Å²) in [7, 11) is 0. The average molecular weight is 295 g/mol. The summed E-state index contributed by atoms with van der Waals surface area (Å²) in [4.78, 5) is 11.6. The van der Waals surface area contributed by atoms with Crippen molar-refractivity contribution in [3.8, 4) is 5.75 Å². The quantitative estimate of drug-likeness (QED) is 0.865. The molecule has 0 saturated heterocycles. The first-order chi connectivity index (χ1) is 9.65. The fourth-order valence-electron chi connectivity index (χ4n) is 2.10. The average Bonchev–Trinajstić information content (AvgIpc) is 2.47. The lowest BCUT2D eigenvalue weighted by atomic mass is 9.99. The van der Waals surface area contributed by atoms with E-state index in [1.54, 1.807) is 12.1 Å². The molecule has 1 amide bonds. The van der Waals surface area contributed by atoms with E-state index >= 15 is 0 Å². The number of hydrogen-bond donors (Lipinski definition) is 1. The highest BCUT2D eigenvalue weighted by molar-refractivity contribution is 6.31. The van der Waals surface area contributed by atoms with Gasteiger partial charge in [0, 0.05) is 10.7 Å². The molecule has 1 aromatic rings. The van der Waals surface area contributed by atoms with Crippen molar-refractivity contribution < 1.29 is 9.53 Å². The summed E-state index contributed by atoms with van der Waals surface area (Å²) in [6.07, 6.45) is 5.55.